The lowest BCUT2D eigenvalue weighted by Crippen LogP contribution is -2.09. The van der Waals surface area contributed by atoms with E-state index in [0.717, 1.165) is 0 Å². The molecule has 1 heterocycles. The molecule has 1 atom stereocenters. The summed E-state index contributed by atoms with van der Waals surface area (Å²) >= 11 is 1.67. The fraction of sp³-hybridized carbons (Fsp3) is 0.267. The van der Waals surface area contributed by atoms with E-state index >= 15 is 0 Å². The average molecular weight is 293 g/mol. The Morgan fingerprint density at radius 3 is 2.75 bits per heavy atom. The summed E-state index contributed by atoms with van der Waals surface area (Å²) in [6.45, 7) is 4.08. The summed E-state index contributed by atoms with van der Waals surface area (Å²) in [6.07, 6.45) is 0. The van der Waals surface area contributed by atoms with Gasteiger partial charge in [-0.1, -0.05) is 0 Å². The van der Waals surface area contributed by atoms with Crippen LogP contribution in [0, 0.1) is 12.7 Å². The highest BCUT2D eigenvalue weighted by molar-refractivity contribution is 7.10. The van der Waals surface area contributed by atoms with Crippen LogP contribution in [0.15, 0.2) is 29.6 Å². The van der Waals surface area contributed by atoms with Crippen LogP contribution in [-0.4, -0.2) is 13.1 Å². The molecule has 20 heavy (non-hydrogen) atoms. The SMILES string of the molecule is COC(=O)c1cc(NC(C)c2sccc2C)ccc1F. The lowest BCUT2D eigenvalue weighted by molar-refractivity contribution is 0.0595. The molecule has 0 radical (unpaired) electrons. The highest BCUT2D eigenvalue weighted by Crippen LogP contribution is 2.27. The standard InChI is InChI=1S/C15H16FNO2S/c1-9-6-7-20-14(9)10(2)17-11-4-5-13(16)12(8-11)15(18)19-3/h4-8,10,17H,1-3H3. The minimum Gasteiger partial charge on any atom is -0.465 e. The van der Waals surface area contributed by atoms with Crippen LogP contribution < -0.4 is 5.32 Å². The Balaban J connectivity index is 2.22. The molecule has 1 aromatic heterocycles. The fourth-order valence-electron chi connectivity index (χ4n) is 2.03. The maximum Gasteiger partial charge on any atom is 0.340 e. The van der Waals surface area contributed by atoms with Crippen molar-refractivity contribution in [1.82, 2.24) is 0 Å². The van der Waals surface area contributed by atoms with Crippen molar-refractivity contribution in [2.75, 3.05) is 12.4 Å². The zero-order chi connectivity index (χ0) is 14.7. The predicted molar refractivity (Wildman–Crippen MR) is 78.8 cm³/mol. The Morgan fingerprint density at radius 1 is 1.40 bits per heavy atom. The summed E-state index contributed by atoms with van der Waals surface area (Å²) in [4.78, 5) is 12.7. The second-order valence-corrected chi connectivity index (χ2v) is 5.47. The third kappa shape index (κ3) is 2.99. The average Bonchev–Trinajstić information content (AvgIpc) is 2.86. The lowest BCUT2D eigenvalue weighted by atomic mass is 10.1. The first kappa shape index (κ1) is 14.5. The van der Waals surface area contributed by atoms with Crippen LogP contribution in [0.25, 0.3) is 0 Å². The minimum atomic E-state index is -0.675. The number of benzene rings is 1. The number of carbonyl (C=O) groups is 1. The monoisotopic (exact) mass is 293 g/mol. The predicted octanol–water partition coefficient (Wildman–Crippen LogP) is 4.16. The molecule has 0 amide bonds. The number of aryl methyl sites for hydroxylation is 1. The molecule has 5 heteroatoms. The van der Waals surface area contributed by atoms with Crippen LogP contribution in [-0.2, 0) is 4.74 Å². The maximum atomic E-state index is 13.6. The van der Waals surface area contributed by atoms with Crippen molar-refractivity contribution < 1.29 is 13.9 Å². The van der Waals surface area contributed by atoms with Gasteiger partial charge < -0.3 is 10.1 Å². The van der Waals surface area contributed by atoms with Crippen LogP contribution in [0.2, 0.25) is 0 Å². The van der Waals surface area contributed by atoms with Gasteiger partial charge in [-0.05, 0) is 49.1 Å². The molecule has 2 aromatic rings. The van der Waals surface area contributed by atoms with Gasteiger partial charge in [-0.2, -0.15) is 0 Å². The van der Waals surface area contributed by atoms with E-state index in [1.165, 1.54) is 29.7 Å². The molecular formula is C15H16FNO2S. The van der Waals surface area contributed by atoms with Gasteiger partial charge in [-0.15, -0.1) is 11.3 Å². The van der Waals surface area contributed by atoms with E-state index in [-0.39, 0.29) is 11.6 Å². The summed E-state index contributed by atoms with van der Waals surface area (Å²) in [6, 6.07) is 6.50. The zero-order valence-corrected chi connectivity index (χ0v) is 12.4. The second-order valence-electron chi connectivity index (χ2n) is 4.52. The molecule has 0 bridgehead atoms. The molecule has 0 saturated carbocycles. The summed E-state index contributed by atoms with van der Waals surface area (Å²) in [7, 11) is 1.24. The molecule has 2 rings (SSSR count). The fourth-order valence-corrected chi connectivity index (χ4v) is 2.96. The topological polar surface area (TPSA) is 38.3 Å². The molecule has 3 nitrogen and oxygen atoms in total. The highest BCUT2D eigenvalue weighted by Gasteiger charge is 2.15. The van der Waals surface area contributed by atoms with Gasteiger partial charge in [0.15, 0.2) is 0 Å². The van der Waals surface area contributed by atoms with E-state index in [4.69, 9.17) is 0 Å². The summed E-state index contributed by atoms with van der Waals surface area (Å²) in [5.41, 5.74) is 1.84. The van der Waals surface area contributed by atoms with E-state index in [1.54, 1.807) is 17.4 Å². The quantitative estimate of drug-likeness (QED) is 0.860. The number of methoxy groups -OCH3 is 1. The molecule has 0 aliphatic rings. The van der Waals surface area contributed by atoms with E-state index < -0.39 is 11.8 Å². The van der Waals surface area contributed by atoms with Gasteiger partial charge >= 0.3 is 5.97 Å². The number of carbonyl (C=O) groups excluding carboxylic acids is 1. The van der Waals surface area contributed by atoms with Gasteiger partial charge in [0.1, 0.15) is 5.82 Å². The summed E-state index contributed by atoms with van der Waals surface area (Å²) in [5.74, 6) is -1.26. The Kier molecular flexibility index (Phi) is 4.39. The largest absolute Gasteiger partial charge is 0.465 e. The van der Waals surface area contributed by atoms with E-state index in [2.05, 4.69) is 23.0 Å². The second kappa shape index (κ2) is 6.05. The third-order valence-electron chi connectivity index (χ3n) is 3.05. The first-order chi connectivity index (χ1) is 9.52. The van der Waals surface area contributed by atoms with Crippen molar-refractivity contribution in [2.24, 2.45) is 0 Å². The van der Waals surface area contributed by atoms with Gasteiger partial charge in [0.2, 0.25) is 0 Å². The van der Waals surface area contributed by atoms with Crippen molar-refractivity contribution in [3.8, 4) is 0 Å². The van der Waals surface area contributed by atoms with E-state index in [9.17, 15) is 9.18 Å². The smallest absolute Gasteiger partial charge is 0.340 e. The number of halogens is 1. The van der Waals surface area contributed by atoms with Crippen molar-refractivity contribution in [1.29, 1.82) is 0 Å². The van der Waals surface area contributed by atoms with Crippen LogP contribution >= 0.6 is 11.3 Å². The number of ether oxygens (including phenoxy) is 1. The molecule has 1 N–H and O–H groups in total. The maximum absolute atomic E-state index is 13.6. The van der Waals surface area contributed by atoms with Crippen molar-refractivity contribution in [3.05, 3.63) is 51.5 Å². The minimum absolute atomic E-state index is 0.0624. The van der Waals surface area contributed by atoms with E-state index in [1.807, 2.05) is 12.3 Å². The molecule has 0 fully saturated rings. The van der Waals surface area contributed by atoms with Gasteiger partial charge in [-0.3, -0.25) is 0 Å². The van der Waals surface area contributed by atoms with Crippen molar-refractivity contribution >= 4 is 23.0 Å². The number of nitrogens with one attached hydrogen (secondary N) is 1. The molecule has 0 saturated heterocycles. The van der Waals surface area contributed by atoms with Gasteiger partial charge in [0.25, 0.3) is 0 Å². The Morgan fingerprint density at radius 2 is 2.15 bits per heavy atom. The lowest BCUT2D eigenvalue weighted by Gasteiger charge is -2.15. The molecular weight excluding hydrogens is 277 g/mol. The van der Waals surface area contributed by atoms with Gasteiger partial charge in [0, 0.05) is 10.6 Å². The Labute approximate surface area is 121 Å². The Hall–Kier alpha value is -1.88. The molecule has 1 unspecified atom stereocenters. The third-order valence-corrected chi connectivity index (χ3v) is 4.25. The summed E-state index contributed by atoms with van der Waals surface area (Å²) < 4.78 is 18.1. The molecule has 0 aliphatic carbocycles. The number of hydrogen-bond donors (Lipinski definition) is 1. The van der Waals surface area contributed by atoms with E-state index in [0.29, 0.717) is 5.69 Å². The van der Waals surface area contributed by atoms with Crippen molar-refractivity contribution in [3.63, 3.8) is 0 Å². The van der Waals surface area contributed by atoms with Crippen LogP contribution in [0.4, 0.5) is 10.1 Å². The number of hydrogen-bond acceptors (Lipinski definition) is 4. The molecule has 0 spiro atoms. The highest BCUT2D eigenvalue weighted by atomic mass is 32.1. The number of anilines is 1. The molecule has 1 aromatic carbocycles. The van der Waals surface area contributed by atoms with Crippen LogP contribution in [0.1, 0.15) is 33.8 Å². The number of esters is 1. The van der Waals surface area contributed by atoms with Gasteiger partial charge in [-0.25, -0.2) is 9.18 Å². The first-order valence-corrected chi connectivity index (χ1v) is 7.09. The van der Waals surface area contributed by atoms with Crippen molar-refractivity contribution in [2.45, 2.75) is 19.9 Å². The van der Waals surface area contributed by atoms with Crippen LogP contribution in [0.5, 0.6) is 0 Å². The molecule has 106 valence electrons. The number of rotatable bonds is 4. The number of thiophene rings is 1. The normalized spacial score (nSPS) is 12.0. The Bertz CT molecular complexity index is 624. The zero-order valence-electron chi connectivity index (χ0n) is 11.6. The van der Waals surface area contributed by atoms with Gasteiger partial charge in [0.05, 0.1) is 18.7 Å². The first-order valence-electron chi connectivity index (χ1n) is 6.21. The van der Waals surface area contributed by atoms with Crippen LogP contribution in [0.3, 0.4) is 0 Å². The molecule has 0 aliphatic heterocycles. The summed E-state index contributed by atoms with van der Waals surface area (Å²) in [5, 5.41) is 5.30.